The molecule has 110 valence electrons. The van der Waals surface area contributed by atoms with Crippen molar-refractivity contribution in [3.8, 4) is 16.2 Å². The molecule has 0 saturated heterocycles. The van der Waals surface area contributed by atoms with Gasteiger partial charge in [0.1, 0.15) is 5.75 Å². The number of nitrogens with zero attached hydrogens (tertiary/aromatic N) is 1. The van der Waals surface area contributed by atoms with Crippen LogP contribution < -0.4 is 4.90 Å². The highest BCUT2D eigenvalue weighted by molar-refractivity contribution is 7.17. The van der Waals surface area contributed by atoms with E-state index in [-0.39, 0.29) is 11.7 Å². The minimum absolute atomic E-state index is 0.0393. The van der Waals surface area contributed by atoms with Crippen molar-refractivity contribution in [3.05, 3.63) is 71.6 Å². The van der Waals surface area contributed by atoms with E-state index in [2.05, 4.69) is 0 Å². The van der Waals surface area contributed by atoms with Gasteiger partial charge in [-0.15, -0.1) is 11.3 Å². The van der Waals surface area contributed by atoms with E-state index >= 15 is 0 Å². The molecule has 1 N–H and O–H groups in total. The monoisotopic (exact) mass is 309 g/mol. The van der Waals surface area contributed by atoms with E-state index in [4.69, 9.17) is 0 Å². The van der Waals surface area contributed by atoms with Crippen molar-refractivity contribution in [1.82, 2.24) is 0 Å². The van der Waals surface area contributed by atoms with Crippen LogP contribution >= 0.6 is 11.3 Å². The van der Waals surface area contributed by atoms with Crippen LogP contribution in [0.4, 0.5) is 5.69 Å². The number of carbonyl (C=O) groups excluding carboxylic acids is 1. The lowest BCUT2D eigenvalue weighted by Crippen LogP contribution is -2.25. The molecule has 0 atom stereocenters. The van der Waals surface area contributed by atoms with Crippen molar-refractivity contribution in [1.29, 1.82) is 0 Å². The largest absolute Gasteiger partial charge is 0.508 e. The molecular formula is C18H15NO2S. The van der Waals surface area contributed by atoms with Crippen molar-refractivity contribution < 1.29 is 9.90 Å². The predicted octanol–water partition coefficient (Wildman–Crippen LogP) is 4.40. The number of thiophene rings is 1. The smallest absolute Gasteiger partial charge is 0.268 e. The first-order valence-corrected chi connectivity index (χ1v) is 7.69. The molecule has 0 unspecified atom stereocenters. The van der Waals surface area contributed by atoms with Crippen molar-refractivity contribution in [2.45, 2.75) is 0 Å². The zero-order valence-corrected chi connectivity index (χ0v) is 12.9. The molecule has 1 heterocycles. The lowest BCUT2D eigenvalue weighted by Gasteiger charge is -2.16. The van der Waals surface area contributed by atoms with Crippen molar-refractivity contribution in [2.24, 2.45) is 0 Å². The molecule has 3 rings (SSSR count). The maximum atomic E-state index is 12.5. The Morgan fingerprint density at radius 3 is 2.50 bits per heavy atom. The van der Waals surface area contributed by atoms with E-state index in [1.807, 2.05) is 48.5 Å². The highest BCUT2D eigenvalue weighted by atomic mass is 32.1. The summed E-state index contributed by atoms with van der Waals surface area (Å²) in [6, 6.07) is 20.3. The summed E-state index contributed by atoms with van der Waals surface area (Å²) >= 11 is 1.42. The number of amides is 1. The number of rotatable bonds is 3. The summed E-state index contributed by atoms with van der Waals surface area (Å²) in [4.78, 5) is 15.8. The van der Waals surface area contributed by atoms with Gasteiger partial charge in [0.25, 0.3) is 5.91 Å². The zero-order valence-electron chi connectivity index (χ0n) is 12.1. The third-order valence-electron chi connectivity index (χ3n) is 3.40. The Balaban J connectivity index is 1.86. The van der Waals surface area contributed by atoms with Gasteiger partial charge in [-0.05, 0) is 42.0 Å². The molecule has 1 amide bonds. The fraction of sp³-hybridized carbons (Fsp3) is 0.0556. The first kappa shape index (κ1) is 14.4. The second-order valence-electron chi connectivity index (χ2n) is 4.91. The number of anilines is 1. The number of carbonyl (C=O) groups is 1. The summed E-state index contributed by atoms with van der Waals surface area (Å²) in [6.45, 7) is 0. The van der Waals surface area contributed by atoms with Gasteiger partial charge in [-0.25, -0.2) is 0 Å². The Hall–Kier alpha value is -2.59. The third kappa shape index (κ3) is 2.87. The molecule has 0 radical (unpaired) electrons. The minimum Gasteiger partial charge on any atom is -0.508 e. The van der Waals surface area contributed by atoms with Gasteiger partial charge in [0.05, 0.1) is 4.88 Å². The molecule has 4 heteroatoms. The summed E-state index contributed by atoms with van der Waals surface area (Å²) in [5.74, 6) is 0.183. The van der Waals surface area contributed by atoms with Crippen LogP contribution in [0.3, 0.4) is 0 Å². The van der Waals surface area contributed by atoms with Crippen molar-refractivity contribution in [3.63, 3.8) is 0 Å². The second kappa shape index (κ2) is 6.03. The second-order valence-corrected chi connectivity index (χ2v) is 6.00. The van der Waals surface area contributed by atoms with Gasteiger partial charge in [-0.2, -0.15) is 0 Å². The summed E-state index contributed by atoms with van der Waals surface area (Å²) in [7, 11) is 1.77. The van der Waals surface area contributed by atoms with Crippen LogP contribution in [0.25, 0.3) is 10.4 Å². The molecule has 0 saturated carbocycles. The molecule has 0 aliphatic heterocycles. The molecule has 3 nitrogen and oxygen atoms in total. The molecule has 1 aromatic heterocycles. The highest BCUT2D eigenvalue weighted by Crippen LogP contribution is 2.31. The average molecular weight is 309 g/mol. The van der Waals surface area contributed by atoms with E-state index in [9.17, 15) is 9.90 Å². The van der Waals surface area contributed by atoms with Crippen LogP contribution in [0.2, 0.25) is 0 Å². The standard InChI is InChI=1S/C18H15NO2S/c1-19(14-7-3-2-4-8-14)18(21)17-11-10-16(22-17)13-6-5-9-15(20)12-13/h2-12,20H,1H3. The molecule has 2 aromatic carbocycles. The van der Waals surface area contributed by atoms with Crippen LogP contribution in [0.5, 0.6) is 5.75 Å². The van der Waals surface area contributed by atoms with E-state index in [1.54, 1.807) is 30.1 Å². The Morgan fingerprint density at radius 2 is 1.77 bits per heavy atom. The van der Waals surface area contributed by atoms with E-state index in [0.29, 0.717) is 4.88 Å². The van der Waals surface area contributed by atoms with Gasteiger partial charge in [0.15, 0.2) is 0 Å². The van der Waals surface area contributed by atoms with Crippen LogP contribution in [0, 0.1) is 0 Å². The lowest BCUT2D eigenvalue weighted by atomic mass is 10.2. The van der Waals surface area contributed by atoms with Crippen LogP contribution in [0.15, 0.2) is 66.7 Å². The maximum absolute atomic E-state index is 12.5. The van der Waals surface area contributed by atoms with Gasteiger partial charge in [0.2, 0.25) is 0 Å². The fourth-order valence-electron chi connectivity index (χ4n) is 2.20. The fourth-order valence-corrected chi connectivity index (χ4v) is 3.18. The topological polar surface area (TPSA) is 40.5 Å². The normalized spacial score (nSPS) is 10.4. The minimum atomic E-state index is -0.0393. The van der Waals surface area contributed by atoms with E-state index in [1.165, 1.54) is 11.3 Å². The first-order chi connectivity index (χ1) is 10.6. The number of phenols is 1. The average Bonchev–Trinajstić information content (AvgIpc) is 3.04. The first-order valence-electron chi connectivity index (χ1n) is 6.87. The van der Waals surface area contributed by atoms with Crippen molar-refractivity contribution >= 4 is 22.9 Å². The zero-order chi connectivity index (χ0) is 15.5. The molecular weight excluding hydrogens is 294 g/mol. The Morgan fingerprint density at radius 1 is 1.00 bits per heavy atom. The molecule has 3 aromatic rings. The predicted molar refractivity (Wildman–Crippen MR) is 90.6 cm³/mol. The molecule has 0 fully saturated rings. The van der Waals surface area contributed by atoms with Gasteiger partial charge in [-0.3, -0.25) is 4.79 Å². The Bertz CT molecular complexity index is 796. The third-order valence-corrected chi connectivity index (χ3v) is 4.52. The number of benzene rings is 2. The quantitative estimate of drug-likeness (QED) is 0.779. The van der Waals surface area contributed by atoms with Crippen LogP contribution in [-0.4, -0.2) is 18.1 Å². The summed E-state index contributed by atoms with van der Waals surface area (Å²) in [5, 5.41) is 9.56. The van der Waals surface area contributed by atoms with Gasteiger partial charge in [-0.1, -0.05) is 30.3 Å². The van der Waals surface area contributed by atoms with Crippen LogP contribution in [0.1, 0.15) is 9.67 Å². The number of aromatic hydroxyl groups is 1. The maximum Gasteiger partial charge on any atom is 0.268 e. The summed E-state index contributed by atoms with van der Waals surface area (Å²) in [5.41, 5.74) is 1.77. The molecule has 0 bridgehead atoms. The Labute approximate surface area is 133 Å². The number of phenolic OH excluding ortho intramolecular Hbond substituents is 1. The summed E-state index contributed by atoms with van der Waals surface area (Å²) in [6.07, 6.45) is 0. The molecule has 0 spiro atoms. The summed E-state index contributed by atoms with van der Waals surface area (Å²) < 4.78 is 0. The number of hydrogen-bond acceptors (Lipinski definition) is 3. The van der Waals surface area contributed by atoms with Crippen LogP contribution in [-0.2, 0) is 0 Å². The molecule has 0 aliphatic rings. The SMILES string of the molecule is CN(C(=O)c1ccc(-c2cccc(O)c2)s1)c1ccccc1. The van der Waals surface area contributed by atoms with Gasteiger partial charge >= 0.3 is 0 Å². The number of para-hydroxylation sites is 1. The van der Waals surface area contributed by atoms with Gasteiger partial charge < -0.3 is 10.0 Å². The Kier molecular flexibility index (Phi) is 3.94. The van der Waals surface area contributed by atoms with E-state index < -0.39 is 0 Å². The molecule has 22 heavy (non-hydrogen) atoms. The number of hydrogen-bond donors (Lipinski definition) is 1. The molecule has 0 aliphatic carbocycles. The van der Waals surface area contributed by atoms with E-state index in [0.717, 1.165) is 16.1 Å². The van der Waals surface area contributed by atoms with Gasteiger partial charge in [0, 0.05) is 17.6 Å². The lowest BCUT2D eigenvalue weighted by molar-refractivity contribution is 0.0997. The van der Waals surface area contributed by atoms with Crippen molar-refractivity contribution in [2.75, 3.05) is 11.9 Å². The highest BCUT2D eigenvalue weighted by Gasteiger charge is 2.16.